The van der Waals surface area contributed by atoms with Crippen molar-refractivity contribution in [1.29, 1.82) is 0 Å². The van der Waals surface area contributed by atoms with Crippen molar-refractivity contribution >= 4 is 11.9 Å². The zero-order valence-electron chi connectivity index (χ0n) is 10.9. The molecule has 4 atom stereocenters. The van der Waals surface area contributed by atoms with Crippen molar-refractivity contribution in [3.63, 3.8) is 0 Å². The maximum Gasteiger partial charge on any atom is 0.332 e. The van der Waals surface area contributed by atoms with E-state index in [1.807, 2.05) is 0 Å². The van der Waals surface area contributed by atoms with Crippen LogP contribution in [0.1, 0.15) is 19.8 Å². The van der Waals surface area contributed by atoms with Crippen LogP contribution in [0.2, 0.25) is 0 Å². The Morgan fingerprint density at radius 2 is 2.28 bits per heavy atom. The summed E-state index contributed by atoms with van der Waals surface area (Å²) in [5.41, 5.74) is -0.874. The second kappa shape index (κ2) is 4.72. The summed E-state index contributed by atoms with van der Waals surface area (Å²) in [5, 5.41) is 5.99. The number of ether oxygens (including phenoxy) is 1. The highest BCUT2D eigenvalue weighted by atomic mass is 16.5. The van der Waals surface area contributed by atoms with E-state index in [2.05, 4.69) is 24.1 Å². The van der Waals surface area contributed by atoms with Gasteiger partial charge in [-0.1, -0.05) is 13.0 Å². The summed E-state index contributed by atoms with van der Waals surface area (Å²) < 4.78 is 4.77. The minimum atomic E-state index is -0.874. The van der Waals surface area contributed by atoms with E-state index in [4.69, 9.17) is 4.74 Å². The predicted octanol–water partition coefficient (Wildman–Crippen LogP) is 0.218. The molecule has 0 aromatic carbocycles. The van der Waals surface area contributed by atoms with Crippen LogP contribution < -0.4 is 10.6 Å². The van der Waals surface area contributed by atoms with Gasteiger partial charge in [-0.2, -0.15) is 0 Å². The maximum absolute atomic E-state index is 12.1. The molecule has 1 aliphatic heterocycles. The van der Waals surface area contributed by atoms with E-state index in [1.54, 1.807) is 6.08 Å². The molecule has 5 heteroatoms. The Balaban J connectivity index is 2.00. The van der Waals surface area contributed by atoms with Crippen LogP contribution in [-0.4, -0.2) is 37.1 Å². The van der Waals surface area contributed by atoms with Gasteiger partial charge in [-0.15, -0.1) is 6.58 Å². The third-order valence-electron chi connectivity index (χ3n) is 3.86. The van der Waals surface area contributed by atoms with Crippen LogP contribution in [0, 0.1) is 11.8 Å². The van der Waals surface area contributed by atoms with E-state index in [0.29, 0.717) is 12.3 Å². The maximum atomic E-state index is 12.1. The third-order valence-corrected chi connectivity index (χ3v) is 3.86. The standard InChI is InChI=1S/C13H20N2O3/c1-4-9-6-13(9,12(17)18-3)15-11(16)10-5-8(2)7-14-10/h4,8-10,14H,1,5-7H2,2-3H3,(H,15,16). The molecule has 1 saturated heterocycles. The molecule has 0 spiro atoms. The summed E-state index contributed by atoms with van der Waals surface area (Å²) >= 11 is 0. The summed E-state index contributed by atoms with van der Waals surface area (Å²) in [6.07, 6.45) is 3.08. The molecule has 18 heavy (non-hydrogen) atoms. The van der Waals surface area contributed by atoms with Gasteiger partial charge in [-0.05, 0) is 25.3 Å². The first-order valence-electron chi connectivity index (χ1n) is 6.30. The first kappa shape index (κ1) is 13.1. The van der Waals surface area contributed by atoms with Gasteiger partial charge in [0.15, 0.2) is 0 Å². The van der Waals surface area contributed by atoms with Crippen LogP contribution in [-0.2, 0) is 14.3 Å². The lowest BCUT2D eigenvalue weighted by Gasteiger charge is -2.19. The molecule has 0 aromatic heterocycles. The Bertz CT molecular complexity index is 382. The topological polar surface area (TPSA) is 67.4 Å². The number of amides is 1. The minimum absolute atomic E-state index is 0.0206. The SMILES string of the molecule is C=CC1CC1(NC(=O)C1CC(C)CN1)C(=O)OC. The van der Waals surface area contributed by atoms with Gasteiger partial charge in [0.25, 0.3) is 0 Å². The van der Waals surface area contributed by atoms with Gasteiger partial charge in [0.2, 0.25) is 5.91 Å². The van der Waals surface area contributed by atoms with E-state index in [-0.39, 0.29) is 23.8 Å². The van der Waals surface area contributed by atoms with Gasteiger partial charge in [0.05, 0.1) is 13.2 Å². The van der Waals surface area contributed by atoms with Gasteiger partial charge in [0.1, 0.15) is 5.54 Å². The molecular weight excluding hydrogens is 232 g/mol. The molecule has 1 saturated carbocycles. The highest BCUT2D eigenvalue weighted by Gasteiger charge is 2.61. The summed E-state index contributed by atoms with van der Waals surface area (Å²) in [7, 11) is 1.34. The molecule has 0 bridgehead atoms. The monoisotopic (exact) mass is 252 g/mol. The fourth-order valence-electron chi connectivity index (χ4n) is 2.60. The lowest BCUT2D eigenvalue weighted by molar-refractivity contribution is -0.147. The van der Waals surface area contributed by atoms with Crippen LogP contribution in [0.25, 0.3) is 0 Å². The molecule has 1 heterocycles. The molecule has 2 aliphatic rings. The van der Waals surface area contributed by atoms with E-state index < -0.39 is 5.54 Å². The Morgan fingerprint density at radius 3 is 2.72 bits per heavy atom. The van der Waals surface area contributed by atoms with Gasteiger partial charge >= 0.3 is 5.97 Å². The summed E-state index contributed by atoms with van der Waals surface area (Å²) in [4.78, 5) is 23.9. The normalized spacial score (nSPS) is 38.0. The third kappa shape index (κ3) is 2.14. The zero-order chi connectivity index (χ0) is 13.3. The number of hydrogen-bond donors (Lipinski definition) is 2. The summed E-state index contributed by atoms with van der Waals surface area (Å²) in [6, 6.07) is -0.201. The van der Waals surface area contributed by atoms with E-state index in [9.17, 15) is 9.59 Å². The minimum Gasteiger partial charge on any atom is -0.467 e. The molecule has 1 aliphatic carbocycles. The van der Waals surface area contributed by atoms with Crippen molar-refractivity contribution in [2.75, 3.05) is 13.7 Å². The Morgan fingerprint density at radius 1 is 1.56 bits per heavy atom. The first-order chi connectivity index (χ1) is 8.53. The quantitative estimate of drug-likeness (QED) is 0.555. The smallest absolute Gasteiger partial charge is 0.332 e. The van der Waals surface area contributed by atoms with Crippen molar-refractivity contribution in [2.45, 2.75) is 31.3 Å². The van der Waals surface area contributed by atoms with Crippen molar-refractivity contribution in [2.24, 2.45) is 11.8 Å². The van der Waals surface area contributed by atoms with Crippen LogP contribution in [0.4, 0.5) is 0 Å². The van der Waals surface area contributed by atoms with Gasteiger partial charge in [0, 0.05) is 5.92 Å². The number of carbonyl (C=O) groups excluding carboxylic acids is 2. The zero-order valence-corrected chi connectivity index (χ0v) is 10.9. The Kier molecular flexibility index (Phi) is 3.43. The Hall–Kier alpha value is -1.36. The van der Waals surface area contributed by atoms with E-state index in [1.165, 1.54) is 7.11 Å². The molecule has 100 valence electrons. The second-order valence-corrected chi connectivity index (χ2v) is 5.30. The lowest BCUT2D eigenvalue weighted by Crippen LogP contribution is -2.51. The molecule has 2 N–H and O–H groups in total. The molecular formula is C13H20N2O3. The average Bonchev–Trinajstić information content (AvgIpc) is 2.90. The van der Waals surface area contributed by atoms with Crippen molar-refractivity contribution in [3.05, 3.63) is 12.7 Å². The summed E-state index contributed by atoms with van der Waals surface area (Å²) in [6.45, 7) is 6.62. The largest absolute Gasteiger partial charge is 0.467 e. The fourth-order valence-corrected chi connectivity index (χ4v) is 2.60. The number of nitrogens with one attached hydrogen (secondary N) is 2. The fraction of sp³-hybridized carbons (Fsp3) is 0.692. The van der Waals surface area contributed by atoms with Crippen LogP contribution in [0.15, 0.2) is 12.7 Å². The second-order valence-electron chi connectivity index (χ2n) is 5.30. The van der Waals surface area contributed by atoms with Gasteiger partial charge in [-0.3, -0.25) is 4.79 Å². The van der Waals surface area contributed by atoms with Crippen molar-refractivity contribution in [1.82, 2.24) is 10.6 Å². The van der Waals surface area contributed by atoms with Gasteiger partial charge < -0.3 is 15.4 Å². The highest BCUT2D eigenvalue weighted by Crippen LogP contribution is 2.45. The molecule has 2 rings (SSSR count). The average molecular weight is 252 g/mol. The number of hydrogen-bond acceptors (Lipinski definition) is 4. The molecule has 4 unspecified atom stereocenters. The van der Waals surface area contributed by atoms with Crippen LogP contribution in [0.5, 0.6) is 0 Å². The highest BCUT2D eigenvalue weighted by molar-refractivity contribution is 5.93. The Labute approximate surface area is 107 Å². The molecule has 5 nitrogen and oxygen atoms in total. The van der Waals surface area contributed by atoms with Crippen LogP contribution >= 0.6 is 0 Å². The molecule has 1 amide bonds. The molecule has 0 aromatic rings. The molecule has 0 radical (unpaired) electrons. The predicted molar refractivity (Wildman–Crippen MR) is 66.8 cm³/mol. The van der Waals surface area contributed by atoms with Crippen molar-refractivity contribution < 1.29 is 14.3 Å². The molecule has 2 fully saturated rings. The van der Waals surface area contributed by atoms with Crippen LogP contribution in [0.3, 0.4) is 0 Å². The van der Waals surface area contributed by atoms with E-state index in [0.717, 1.165) is 13.0 Å². The van der Waals surface area contributed by atoms with E-state index >= 15 is 0 Å². The number of esters is 1. The number of methoxy groups -OCH3 is 1. The summed E-state index contributed by atoms with van der Waals surface area (Å²) in [5.74, 6) is -0.0298. The number of carbonyl (C=O) groups is 2. The number of rotatable bonds is 4. The van der Waals surface area contributed by atoms with Crippen molar-refractivity contribution in [3.8, 4) is 0 Å². The first-order valence-corrected chi connectivity index (χ1v) is 6.30. The lowest BCUT2D eigenvalue weighted by atomic mass is 10.1. The van der Waals surface area contributed by atoms with Gasteiger partial charge in [-0.25, -0.2) is 4.79 Å².